The summed E-state index contributed by atoms with van der Waals surface area (Å²) in [6.07, 6.45) is 5.47. The molecule has 0 atom stereocenters. The third kappa shape index (κ3) is 3.96. The number of methoxy groups -OCH3 is 1. The molecule has 3 N–H and O–H groups in total. The lowest BCUT2D eigenvalue weighted by atomic mass is 9.87. The van der Waals surface area contributed by atoms with Gasteiger partial charge in [0.25, 0.3) is 5.91 Å². The topological polar surface area (TPSA) is 108 Å². The lowest BCUT2D eigenvalue weighted by molar-refractivity contribution is -0.124. The van der Waals surface area contributed by atoms with E-state index in [4.69, 9.17) is 4.74 Å². The van der Waals surface area contributed by atoms with Gasteiger partial charge in [-0.05, 0) is 48.2 Å². The zero-order valence-corrected chi connectivity index (χ0v) is 17.1. The second-order valence-electron chi connectivity index (χ2n) is 7.68. The van der Waals surface area contributed by atoms with Crippen LogP contribution >= 0.6 is 0 Å². The number of ether oxygens (including phenoxy) is 1. The van der Waals surface area contributed by atoms with Crippen LogP contribution in [0.25, 0.3) is 12.2 Å². The van der Waals surface area contributed by atoms with E-state index >= 15 is 0 Å². The molecule has 2 aliphatic heterocycles. The van der Waals surface area contributed by atoms with E-state index in [9.17, 15) is 19.5 Å². The van der Waals surface area contributed by atoms with Crippen LogP contribution in [0.5, 0.6) is 11.5 Å². The van der Waals surface area contributed by atoms with Gasteiger partial charge in [0.15, 0.2) is 17.8 Å². The molecule has 2 saturated heterocycles. The first-order chi connectivity index (χ1) is 14.9. The molecule has 31 heavy (non-hydrogen) atoms. The van der Waals surface area contributed by atoms with Gasteiger partial charge in [-0.3, -0.25) is 14.9 Å². The van der Waals surface area contributed by atoms with Crippen molar-refractivity contribution >= 4 is 36.1 Å². The summed E-state index contributed by atoms with van der Waals surface area (Å²) in [4.78, 5) is 36.9. The average molecular weight is 421 g/mol. The molecular formula is C23H23N3O5. The second kappa shape index (κ2) is 8.14. The number of nitrogens with zero attached hydrogens (tertiary/aromatic N) is 1. The average Bonchev–Trinajstić information content (AvgIpc) is 3.06. The zero-order chi connectivity index (χ0) is 22.0. The van der Waals surface area contributed by atoms with Crippen molar-refractivity contribution in [1.29, 1.82) is 0 Å². The zero-order valence-electron chi connectivity index (χ0n) is 17.1. The number of carbonyl (C=O) groups excluding carboxylic acids is 3. The molecule has 2 aromatic rings. The van der Waals surface area contributed by atoms with E-state index in [1.165, 1.54) is 7.11 Å². The number of imide groups is 1. The number of rotatable bonds is 5. The van der Waals surface area contributed by atoms with Crippen LogP contribution < -0.4 is 20.3 Å². The van der Waals surface area contributed by atoms with Crippen molar-refractivity contribution in [3.05, 3.63) is 53.1 Å². The van der Waals surface area contributed by atoms with Crippen molar-refractivity contribution < 1.29 is 24.2 Å². The van der Waals surface area contributed by atoms with E-state index in [2.05, 4.69) is 15.5 Å². The molecule has 160 valence electrons. The van der Waals surface area contributed by atoms with Crippen molar-refractivity contribution in [2.24, 2.45) is 0 Å². The number of hydrogen-bond acceptors (Lipinski definition) is 6. The van der Waals surface area contributed by atoms with Gasteiger partial charge in [0.1, 0.15) is 5.54 Å². The first-order valence-corrected chi connectivity index (χ1v) is 9.97. The molecule has 2 heterocycles. The second-order valence-corrected chi connectivity index (χ2v) is 7.68. The Morgan fingerprint density at radius 3 is 2.32 bits per heavy atom. The molecule has 8 heteroatoms. The number of nitrogens with one attached hydrogen (secondary N) is 2. The number of benzene rings is 2. The molecule has 2 fully saturated rings. The number of anilines is 1. The van der Waals surface area contributed by atoms with Crippen LogP contribution in [0, 0.1) is 0 Å². The highest BCUT2D eigenvalue weighted by Crippen LogP contribution is 2.32. The summed E-state index contributed by atoms with van der Waals surface area (Å²) >= 11 is 0. The molecule has 0 aromatic heterocycles. The minimum Gasteiger partial charge on any atom is -0.504 e. The van der Waals surface area contributed by atoms with Gasteiger partial charge < -0.3 is 20.1 Å². The lowest BCUT2D eigenvalue weighted by Gasteiger charge is -2.38. The highest BCUT2D eigenvalue weighted by atomic mass is 16.5. The van der Waals surface area contributed by atoms with Gasteiger partial charge in [-0.2, -0.15) is 0 Å². The summed E-state index contributed by atoms with van der Waals surface area (Å²) < 4.78 is 5.11. The van der Waals surface area contributed by atoms with Gasteiger partial charge >= 0.3 is 6.03 Å². The van der Waals surface area contributed by atoms with Gasteiger partial charge in [0, 0.05) is 18.8 Å². The number of carbonyl (C=O) groups is 3. The Morgan fingerprint density at radius 2 is 1.74 bits per heavy atom. The van der Waals surface area contributed by atoms with Crippen molar-refractivity contribution in [2.45, 2.75) is 18.4 Å². The normalized spacial score (nSPS) is 17.6. The number of amides is 3. The third-order valence-corrected chi connectivity index (χ3v) is 5.83. The number of aldehydes is 1. The third-order valence-electron chi connectivity index (χ3n) is 5.83. The molecule has 0 saturated carbocycles. The van der Waals surface area contributed by atoms with Crippen molar-refractivity contribution in [2.75, 3.05) is 25.1 Å². The van der Waals surface area contributed by atoms with E-state index in [0.717, 1.165) is 16.8 Å². The minimum atomic E-state index is -0.776. The summed E-state index contributed by atoms with van der Waals surface area (Å²) in [6.45, 7) is 1.34. The fourth-order valence-corrected chi connectivity index (χ4v) is 4.01. The molecule has 2 aromatic carbocycles. The summed E-state index contributed by atoms with van der Waals surface area (Å²) in [5.41, 5.74) is 2.15. The van der Waals surface area contributed by atoms with Crippen molar-refractivity contribution in [1.82, 2.24) is 10.6 Å². The lowest BCUT2D eigenvalue weighted by Crippen LogP contribution is -2.54. The predicted octanol–water partition coefficient (Wildman–Crippen LogP) is 2.56. The van der Waals surface area contributed by atoms with Crippen LogP contribution in [0.4, 0.5) is 10.5 Å². The van der Waals surface area contributed by atoms with Gasteiger partial charge in [0.05, 0.1) is 12.7 Å². The fraction of sp³-hybridized carbons (Fsp3) is 0.261. The monoisotopic (exact) mass is 421 g/mol. The predicted molar refractivity (Wildman–Crippen MR) is 116 cm³/mol. The quantitative estimate of drug-likeness (QED) is 0.389. The maximum atomic E-state index is 12.1. The van der Waals surface area contributed by atoms with Gasteiger partial charge in [-0.1, -0.05) is 24.3 Å². The first-order valence-electron chi connectivity index (χ1n) is 9.97. The standard InChI is InChI=1S/C23H23N3O5/c1-31-19-13-16(12-17(14-27)20(19)28)3-2-15-4-6-18(7-5-15)26-10-8-23(9-11-26)21(29)24-22(30)25-23/h2-7,12-14,28H,8-11H2,1H3,(H2,24,25,29,30)/b3-2+. The molecule has 0 bridgehead atoms. The molecule has 3 amide bonds. The molecule has 0 radical (unpaired) electrons. The van der Waals surface area contributed by atoms with Crippen LogP contribution in [0.1, 0.15) is 34.3 Å². The molecule has 4 rings (SSSR count). The van der Waals surface area contributed by atoms with E-state index in [0.29, 0.717) is 32.2 Å². The smallest absolute Gasteiger partial charge is 0.322 e. The Balaban J connectivity index is 1.43. The highest BCUT2D eigenvalue weighted by Gasteiger charge is 2.47. The minimum absolute atomic E-state index is 0.169. The van der Waals surface area contributed by atoms with Crippen molar-refractivity contribution in [3.63, 3.8) is 0 Å². The van der Waals surface area contributed by atoms with Gasteiger partial charge in [0.2, 0.25) is 0 Å². The number of phenolic OH excluding ortho intramolecular Hbond substituents is 1. The van der Waals surface area contributed by atoms with Crippen molar-refractivity contribution in [3.8, 4) is 11.5 Å². The molecule has 2 aliphatic rings. The highest BCUT2D eigenvalue weighted by molar-refractivity contribution is 6.07. The fourth-order valence-electron chi connectivity index (χ4n) is 4.01. The van der Waals surface area contributed by atoms with Crippen LogP contribution in [-0.4, -0.2) is 49.1 Å². The number of piperidine rings is 1. The maximum Gasteiger partial charge on any atom is 0.322 e. The Labute approximate surface area is 179 Å². The number of urea groups is 1. The Morgan fingerprint density at radius 1 is 1.06 bits per heavy atom. The van der Waals surface area contributed by atoms with E-state index in [1.807, 2.05) is 36.4 Å². The van der Waals surface area contributed by atoms with Crippen LogP contribution in [-0.2, 0) is 4.79 Å². The van der Waals surface area contributed by atoms with Crippen LogP contribution in [0.3, 0.4) is 0 Å². The van der Waals surface area contributed by atoms with E-state index in [-0.39, 0.29) is 23.0 Å². The van der Waals surface area contributed by atoms with E-state index in [1.54, 1.807) is 12.1 Å². The van der Waals surface area contributed by atoms with Gasteiger partial charge in [-0.15, -0.1) is 0 Å². The Kier molecular flexibility index (Phi) is 5.37. The van der Waals surface area contributed by atoms with Gasteiger partial charge in [-0.25, -0.2) is 4.79 Å². The Bertz CT molecular complexity index is 1050. The summed E-state index contributed by atoms with van der Waals surface area (Å²) in [5.74, 6) is -0.159. The molecular weight excluding hydrogens is 398 g/mol. The van der Waals surface area contributed by atoms with E-state index < -0.39 is 11.6 Å². The largest absolute Gasteiger partial charge is 0.504 e. The number of hydrogen-bond donors (Lipinski definition) is 3. The summed E-state index contributed by atoms with van der Waals surface area (Å²) in [7, 11) is 1.44. The molecule has 8 nitrogen and oxygen atoms in total. The maximum absolute atomic E-state index is 12.1. The number of aromatic hydroxyl groups is 1. The summed E-state index contributed by atoms with van der Waals surface area (Å²) in [6, 6.07) is 10.8. The molecule has 0 unspecified atom stereocenters. The van der Waals surface area contributed by atoms with Crippen LogP contribution in [0.2, 0.25) is 0 Å². The Hall–Kier alpha value is -3.81. The number of phenols is 1. The first kappa shape index (κ1) is 20.5. The molecule has 1 spiro atoms. The van der Waals surface area contributed by atoms with Crippen LogP contribution in [0.15, 0.2) is 36.4 Å². The molecule has 0 aliphatic carbocycles. The SMILES string of the molecule is COc1cc(/C=C/c2ccc(N3CCC4(CC3)NC(=O)NC4=O)cc2)cc(C=O)c1O. The summed E-state index contributed by atoms with van der Waals surface area (Å²) in [5, 5.41) is 15.0.